The molecule has 0 amide bonds. The van der Waals surface area contributed by atoms with E-state index in [-0.39, 0.29) is 4.90 Å². The summed E-state index contributed by atoms with van der Waals surface area (Å²) in [6, 6.07) is 5.24. The second kappa shape index (κ2) is 7.35. The van der Waals surface area contributed by atoms with Crippen LogP contribution in [0.5, 0.6) is 0 Å². The molecule has 1 aromatic carbocycles. The van der Waals surface area contributed by atoms with E-state index in [1.165, 1.54) is 0 Å². The number of likely N-dealkylation sites (N-methyl/N-ethyl adjacent to an activating group) is 1. The van der Waals surface area contributed by atoms with Crippen LogP contribution < -0.4 is 10.0 Å². The fourth-order valence-electron chi connectivity index (χ4n) is 1.56. The number of benzene rings is 1. The lowest BCUT2D eigenvalue weighted by molar-refractivity contribution is 0.412. The highest BCUT2D eigenvalue weighted by Crippen LogP contribution is 2.23. The van der Waals surface area contributed by atoms with Crippen molar-refractivity contribution in [1.29, 1.82) is 0 Å². The average molecular weight is 350 g/mol. The molecule has 1 aromatic rings. The molecule has 0 spiro atoms. The van der Waals surface area contributed by atoms with E-state index < -0.39 is 10.0 Å². The summed E-state index contributed by atoms with van der Waals surface area (Å²) in [6.07, 6.45) is 0. The lowest BCUT2D eigenvalue weighted by Crippen LogP contribution is -2.31. The van der Waals surface area contributed by atoms with Crippen molar-refractivity contribution in [3.8, 4) is 0 Å². The molecule has 0 aliphatic heterocycles. The van der Waals surface area contributed by atoms with Gasteiger partial charge < -0.3 is 10.2 Å². The highest BCUT2D eigenvalue weighted by atomic mass is 79.9. The van der Waals surface area contributed by atoms with Gasteiger partial charge in [-0.3, -0.25) is 0 Å². The Bertz CT molecular complexity index is 518. The van der Waals surface area contributed by atoms with E-state index in [2.05, 4.69) is 26.0 Å². The smallest absolute Gasteiger partial charge is 0.241 e. The van der Waals surface area contributed by atoms with Crippen LogP contribution in [-0.4, -0.2) is 47.6 Å². The maximum Gasteiger partial charge on any atom is 0.241 e. The normalized spacial score (nSPS) is 12.1. The van der Waals surface area contributed by atoms with Crippen LogP contribution in [0.25, 0.3) is 0 Å². The van der Waals surface area contributed by atoms with Crippen LogP contribution in [0.2, 0.25) is 0 Å². The lowest BCUT2D eigenvalue weighted by Gasteiger charge is -2.12. The quantitative estimate of drug-likeness (QED) is 0.771. The maximum atomic E-state index is 12.1. The summed E-state index contributed by atoms with van der Waals surface area (Å²) in [4.78, 5) is 2.19. The van der Waals surface area contributed by atoms with E-state index >= 15 is 0 Å². The van der Waals surface area contributed by atoms with E-state index in [1.807, 2.05) is 38.2 Å². The van der Waals surface area contributed by atoms with Gasteiger partial charge in [-0.25, -0.2) is 13.1 Å². The molecule has 0 aliphatic carbocycles. The molecule has 0 saturated carbocycles. The summed E-state index contributed by atoms with van der Waals surface area (Å²) >= 11 is 3.32. The van der Waals surface area contributed by atoms with Gasteiger partial charge in [0.05, 0.1) is 4.90 Å². The van der Waals surface area contributed by atoms with Crippen molar-refractivity contribution in [3.05, 3.63) is 28.2 Å². The number of nitrogens with one attached hydrogen (secondary N) is 2. The van der Waals surface area contributed by atoms with Crippen LogP contribution >= 0.6 is 15.9 Å². The van der Waals surface area contributed by atoms with Gasteiger partial charge in [0.15, 0.2) is 0 Å². The van der Waals surface area contributed by atoms with Gasteiger partial charge in [-0.1, -0.05) is 6.07 Å². The van der Waals surface area contributed by atoms with Gasteiger partial charge in [-0.05, 0) is 54.8 Å². The first kappa shape index (κ1) is 16.6. The van der Waals surface area contributed by atoms with Crippen molar-refractivity contribution >= 4 is 26.0 Å². The van der Waals surface area contributed by atoms with Crippen molar-refractivity contribution in [3.63, 3.8) is 0 Å². The van der Waals surface area contributed by atoms with E-state index in [0.29, 0.717) is 24.1 Å². The Morgan fingerprint density at radius 1 is 1.32 bits per heavy atom. The molecular formula is C12H20BrN3O2S. The Labute approximate surface area is 123 Å². The zero-order chi connectivity index (χ0) is 14.5. The van der Waals surface area contributed by atoms with Crippen molar-refractivity contribution in [2.45, 2.75) is 11.4 Å². The standard InChI is InChI=1S/C12H20BrN3O2S/c1-14-9-10-4-5-12(11(13)8-10)19(17,18)15-6-7-16(2)3/h4-5,8,14-15H,6-7,9H2,1-3H3. The van der Waals surface area contributed by atoms with Gasteiger partial charge >= 0.3 is 0 Å². The summed E-state index contributed by atoms with van der Waals surface area (Å²) < 4.78 is 27.4. The lowest BCUT2D eigenvalue weighted by atomic mass is 10.2. The second-order valence-electron chi connectivity index (χ2n) is 4.50. The molecule has 0 bridgehead atoms. The SMILES string of the molecule is CNCc1ccc(S(=O)(=O)NCCN(C)C)c(Br)c1. The monoisotopic (exact) mass is 349 g/mol. The summed E-state index contributed by atoms with van der Waals surface area (Å²) in [5.41, 5.74) is 1.03. The Hall–Kier alpha value is -0.470. The molecular weight excluding hydrogens is 330 g/mol. The topological polar surface area (TPSA) is 61.4 Å². The number of hydrogen-bond donors (Lipinski definition) is 2. The maximum absolute atomic E-state index is 12.1. The fourth-order valence-corrected chi connectivity index (χ4v) is 3.70. The Kier molecular flexibility index (Phi) is 6.41. The number of sulfonamides is 1. The van der Waals surface area contributed by atoms with Gasteiger partial charge in [0, 0.05) is 24.1 Å². The Morgan fingerprint density at radius 3 is 2.53 bits per heavy atom. The van der Waals surface area contributed by atoms with Gasteiger partial charge in [0.1, 0.15) is 0 Å². The van der Waals surface area contributed by atoms with Crippen molar-refractivity contribution in [2.24, 2.45) is 0 Å². The molecule has 0 atom stereocenters. The summed E-state index contributed by atoms with van der Waals surface area (Å²) in [5.74, 6) is 0. The average Bonchev–Trinajstić information content (AvgIpc) is 2.28. The summed E-state index contributed by atoms with van der Waals surface area (Å²) in [7, 11) is 2.19. The molecule has 7 heteroatoms. The molecule has 108 valence electrons. The first-order valence-electron chi connectivity index (χ1n) is 5.94. The molecule has 0 radical (unpaired) electrons. The second-order valence-corrected chi connectivity index (χ2v) is 7.09. The largest absolute Gasteiger partial charge is 0.316 e. The third kappa shape index (κ3) is 5.19. The molecule has 2 N–H and O–H groups in total. The fraction of sp³-hybridized carbons (Fsp3) is 0.500. The van der Waals surface area contributed by atoms with Crippen LogP contribution in [0.4, 0.5) is 0 Å². The molecule has 5 nitrogen and oxygen atoms in total. The molecule has 0 saturated heterocycles. The highest BCUT2D eigenvalue weighted by molar-refractivity contribution is 9.10. The summed E-state index contributed by atoms with van der Waals surface area (Å²) in [6.45, 7) is 1.75. The number of halogens is 1. The first-order chi connectivity index (χ1) is 8.86. The molecule has 0 unspecified atom stereocenters. The van der Waals surface area contributed by atoms with Crippen LogP contribution in [0.15, 0.2) is 27.6 Å². The predicted octanol–water partition coefficient (Wildman–Crippen LogP) is 1.01. The first-order valence-corrected chi connectivity index (χ1v) is 8.22. The van der Waals surface area contributed by atoms with Crippen molar-refractivity contribution < 1.29 is 8.42 Å². The highest BCUT2D eigenvalue weighted by Gasteiger charge is 2.17. The van der Waals surface area contributed by atoms with Gasteiger partial charge in [0.2, 0.25) is 10.0 Å². The molecule has 0 fully saturated rings. The minimum atomic E-state index is -3.46. The van der Waals surface area contributed by atoms with Crippen molar-refractivity contribution in [2.75, 3.05) is 34.2 Å². The Balaban J connectivity index is 2.83. The molecule has 0 heterocycles. The van der Waals surface area contributed by atoms with Crippen LogP contribution in [0, 0.1) is 0 Å². The minimum absolute atomic E-state index is 0.270. The van der Waals surface area contributed by atoms with Crippen molar-refractivity contribution in [1.82, 2.24) is 14.9 Å². The third-order valence-electron chi connectivity index (χ3n) is 2.52. The van der Waals surface area contributed by atoms with Gasteiger partial charge in [0.25, 0.3) is 0 Å². The molecule has 0 aromatic heterocycles. The van der Waals surface area contributed by atoms with Crippen LogP contribution in [0.3, 0.4) is 0 Å². The number of hydrogen-bond acceptors (Lipinski definition) is 4. The summed E-state index contributed by atoms with van der Waals surface area (Å²) in [5, 5.41) is 3.02. The molecule has 0 aliphatic rings. The zero-order valence-corrected chi connectivity index (χ0v) is 13.8. The zero-order valence-electron chi connectivity index (χ0n) is 11.4. The molecule has 1 rings (SSSR count). The number of nitrogens with zero attached hydrogens (tertiary/aromatic N) is 1. The van der Waals surface area contributed by atoms with Gasteiger partial charge in [-0.15, -0.1) is 0 Å². The Morgan fingerprint density at radius 2 is 2.00 bits per heavy atom. The number of rotatable bonds is 7. The van der Waals surface area contributed by atoms with Crippen LogP contribution in [-0.2, 0) is 16.6 Å². The van der Waals surface area contributed by atoms with E-state index in [1.54, 1.807) is 6.07 Å². The minimum Gasteiger partial charge on any atom is -0.316 e. The van der Waals surface area contributed by atoms with E-state index in [0.717, 1.165) is 5.56 Å². The predicted molar refractivity (Wildman–Crippen MR) is 80.6 cm³/mol. The van der Waals surface area contributed by atoms with E-state index in [9.17, 15) is 8.42 Å². The van der Waals surface area contributed by atoms with E-state index in [4.69, 9.17) is 0 Å². The molecule has 19 heavy (non-hydrogen) atoms. The third-order valence-corrected chi connectivity index (χ3v) is 4.96. The van der Waals surface area contributed by atoms with Gasteiger partial charge in [-0.2, -0.15) is 0 Å². The van der Waals surface area contributed by atoms with Crippen LogP contribution in [0.1, 0.15) is 5.56 Å².